The Bertz CT molecular complexity index is 2550. The molecule has 2 heteroatoms. The van der Waals surface area contributed by atoms with Crippen molar-refractivity contribution < 1.29 is 0 Å². The summed E-state index contributed by atoms with van der Waals surface area (Å²) in [6.45, 7) is 9.75. The fraction of sp³-hybridized carbons (Fsp3) is 0.333. The van der Waals surface area contributed by atoms with E-state index in [2.05, 4.69) is 172 Å². The Balaban J connectivity index is 1.00. The number of benzene rings is 6. The van der Waals surface area contributed by atoms with E-state index in [4.69, 9.17) is 0 Å². The summed E-state index contributed by atoms with van der Waals surface area (Å²) in [5.74, 6) is 3.46. The minimum absolute atomic E-state index is 0.137. The van der Waals surface area contributed by atoms with Gasteiger partial charge in [0.25, 0.3) is 0 Å². The molecule has 6 aromatic carbocycles. The van der Waals surface area contributed by atoms with E-state index < -0.39 is 0 Å². The van der Waals surface area contributed by atoms with Crippen LogP contribution in [-0.4, -0.2) is 0 Å². The lowest BCUT2D eigenvalue weighted by molar-refractivity contribution is -0.235. The van der Waals surface area contributed by atoms with Crippen LogP contribution in [0.4, 0.5) is 17.1 Å². The van der Waals surface area contributed by atoms with E-state index in [1.807, 2.05) is 11.8 Å². The Morgan fingerprint density at radius 3 is 1.91 bits per heavy atom. The molecule has 6 aromatic rings. The van der Waals surface area contributed by atoms with Crippen molar-refractivity contribution in [3.05, 3.63) is 162 Å². The highest BCUT2D eigenvalue weighted by molar-refractivity contribution is 7.99. The normalized spacial score (nSPS) is 29.0. The third-order valence-electron chi connectivity index (χ3n) is 16.2. The molecule has 12 rings (SSSR count). The molecule has 0 amide bonds. The minimum Gasteiger partial charge on any atom is -0.310 e. The number of hydrogen-bond donors (Lipinski definition) is 0. The summed E-state index contributed by atoms with van der Waals surface area (Å²) in [5.41, 5.74) is 16.2. The highest BCUT2D eigenvalue weighted by atomic mass is 32.2. The van der Waals surface area contributed by atoms with E-state index >= 15 is 0 Å². The third-order valence-corrected chi connectivity index (χ3v) is 17.4. The molecule has 278 valence electrons. The summed E-state index contributed by atoms with van der Waals surface area (Å²) in [7, 11) is 0. The Labute approximate surface area is 337 Å². The SMILES string of the molecule is CC1(C)CCC(C)(C)c2c(-c3ccc(N(c4ccc(-c5ccccc5)cc4)c4ccc5c(c4)C4(c6ccccc6S5)C5CC6CC7CC4C75C6)cc3)cccc21. The van der Waals surface area contributed by atoms with Gasteiger partial charge in [-0.15, -0.1) is 0 Å². The van der Waals surface area contributed by atoms with Gasteiger partial charge in [0, 0.05) is 32.3 Å². The van der Waals surface area contributed by atoms with Crippen LogP contribution in [0.1, 0.15) is 88.5 Å². The predicted molar refractivity (Wildman–Crippen MR) is 233 cm³/mol. The zero-order valence-electron chi connectivity index (χ0n) is 33.2. The molecule has 0 radical (unpaired) electrons. The van der Waals surface area contributed by atoms with Crippen molar-refractivity contribution in [2.45, 2.75) is 92.3 Å². The first kappa shape index (κ1) is 33.6. The highest BCUT2D eigenvalue weighted by Crippen LogP contribution is 2.89. The van der Waals surface area contributed by atoms with Crippen LogP contribution < -0.4 is 4.90 Å². The van der Waals surface area contributed by atoms with Crippen molar-refractivity contribution in [1.29, 1.82) is 0 Å². The molecule has 1 aliphatic heterocycles. The second kappa shape index (κ2) is 11.5. The van der Waals surface area contributed by atoms with Crippen molar-refractivity contribution in [3.63, 3.8) is 0 Å². The van der Waals surface area contributed by atoms with Gasteiger partial charge in [-0.1, -0.05) is 130 Å². The van der Waals surface area contributed by atoms with Gasteiger partial charge in [0.15, 0.2) is 0 Å². The molecule has 1 heterocycles. The highest BCUT2D eigenvalue weighted by Gasteiger charge is 2.84. The molecule has 2 bridgehead atoms. The van der Waals surface area contributed by atoms with Gasteiger partial charge in [-0.2, -0.15) is 0 Å². The molecule has 6 aliphatic rings. The van der Waals surface area contributed by atoms with Gasteiger partial charge in [0.1, 0.15) is 0 Å². The first-order valence-corrected chi connectivity index (χ1v) is 22.1. The summed E-state index contributed by atoms with van der Waals surface area (Å²) < 4.78 is 0. The summed E-state index contributed by atoms with van der Waals surface area (Å²) in [5, 5.41) is 0. The van der Waals surface area contributed by atoms with E-state index in [-0.39, 0.29) is 16.2 Å². The molecule has 56 heavy (non-hydrogen) atoms. The van der Waals surface area contributed by atoms with Crippen molar-refractivity contribution >= 4 is 28.8 Å². The molecule has 0 saturated heterocycles. The van der Waals surface area contributed by atoms with Gasteiger partial charge in [-0.3, -0.25) is 0 Å². The summed E-state index contributed by atoms with van der Waals surface area (Å²) in [4.78, 5) is 5.50. The molecule has 0 aromatic heterocycles. The first-order valence-electron chi connectivity index (χ1n) is 21.3. The first-order chi connectivity index (χ1) is 27.2. The lowest BCUT2D eigenvalue weighted by Gasteiger charge is -2.78. The molecule has 4 fully saturated rings. The summed E-state index contributed by atoms with van der Waals surface area (Å²) in [6.07, 6.45) is 8.25. The smallest absolute Gasteiger partial charge is 0.0465 e. The van der Waals surface area contributed by atoms with E-state index in [0.29, 0.717) is 5.41 Å². The average molecular weight is 746 g/mol. The number of hydrogen-bond acceptors (Lipinski definition) is 2. The van der Waals surface area contributed by atoms with Crippen molar-refractivity contribution in [2.24, 2.45) is 29.1 Å². The second-order valence-electron chi connectivity index (χ2n) is 19.6. The maximum absolute atomic E-state index is 2.64. The Kier molecular flexibility index (Phi) is 6.92. The van der Waals surface area contributed by atoms with Crippen LogP contribution in [0.15, 0.2) is 149 Å². The van der Waals surface area contributed by atoms with Crippen LogP contribution in [0, 0.1) is 29.1 Å². The monoisotopic (exact) mass is 745 g/mol. The molecular formula is C54H51NS. The summed E-state index contributed by atoms with van der Waals surface area (Å²) in [6, 6.07) is 53.6. The molecule has 1 nitrogen and oxygen atoms in total. The van der Waals surface area contributed by atoms with Crippen LogP contribution in [0.25, 0.3) is 22.3 Å². The molecule has 6 unspecified atom stereocenters. The number of nitrogens with zero attached hydrogens (tertiary/aromatic N) is 1. The van der Waals surface area contributed by atoms with Gasteiger partial charge in [-0.25, -0.2) is 0 Å². The largest absolute Gasteiger partial charge is 0.310 e. The third kappa shape index (κ3) is 4.35. The molecule has 4 saturated carbocycles. The maximum atomic E-state index is 2.64. The van der Waals surface area contributed by atoms with E-state index in [1.54, 1.807) is 11.1 Å². The van der Waals surface area contributed by atoms with E-state index in [0.717, 1.165) is 23.7 Å². The van der Waals surface area contributed by atoms with Crippen LogP contribution in [0.5, 0.6) is 0 Å². The van der Waals surface area contributed by atoms with Gasteiger partial charge in [-0.05, 0) is 171 Å². The topological polar surface area (TPSA) is 3.24 Å². The standard InChI is InChI=1S/C54H51NS/c1-51(2)27-28-52(3,4)50-42(13-10-15-44(50)51)37-19-23-40(24-20-37)55(39-21-17-36(18-22-39)35-11-6-5-7-12-35)41-25-26-47-45(32-41)54(43-14-8-9-16-46(43)56-47)48-30-34-29-38-31-49(54)53(38,48)33-34/h5-26,32,34,38,48-49H,27-31,33H2,1-4H3. The fourth-order valence-corrected chi connectivity index (χ4v) is 15.1. The molecule has 2 spiro atoms. The van der Waals surface area contributed by atoms with Crippen molar-refractivity contribution in [3.8, 4) is 22.3 Å². The second-order valence-corrected chi connectivity index (χ2v) is 20.7. The van der Waals surface area contributed by atoms with Crippen LogP contribution in [0.2, 0.25) is 0 Å². The minimum atomic E-state index is 0.137. The summed E-state index contributed by atoms with van der Waals surface area (Å²) >= 11 is 2.01. The van der Waals surface area contributed by atoms with Gasteiger partial charge < -0.3 is 4.90 Å². The number of anilines is 3. The van der Waals surface area contributed by atoms with E-state index in [9.17, 15) is 0 Å². The molecule has 6 atom stereocenters. The Morgan fingerprint density at radius 2 is 1.14 bits per heavy atom. The van der Waals surface area contributed by atoms with Crippen molar-refractivity contribution in [1.82, 2.24) is 0 Å². The lowest BCUT2D eigenvalue weighted by atomic mass is 9.26. The maximum Gasteiger partial charge on any atom is 0.0465 e. The zero-order valence-corrected chi connectivity index (χ0v) is 34.0. The molecule has 5 aliphatic carbocycles. The Hall–Kier alpha value is -4.53. The van der Waals surface area contributed by atoms with Crippen molar-refractivity contribution in [2.75, 3.05) is 4.90 Å². The predicted octanol–water partition coefficient (Wildman–Crippen LogP) is 14.7. The Morgan fingerprint density at radius 1 is 0.518 bits per heavy atom. The number of rotatable bonds is 5. The average Bonchev–Trinajstić information content (AvgIpc) is 3.76. The van der Waals surface area contributed by atoms with Crippen LogP contribution in [0.3, 0.4) is 0 Å². The van der Waals surface area contributed by atoms with Crippen LogP contribution in [-0.2, 0) is 16.2 Å². The quantitative estimate of drug-likeness (QED) is 0.173. The lowest BCUT2D eigenvalue weighted by Crippen LogP contribution is -2.74. The van der Waals surface area contributed by atoms with Gasteiger partial charge >= 0.3 is 0 Å². The molecular weight excluding hydrogens is 695 g/mol. The molecule has 0 N–H and O–H groups in total. The fourth-order valence-electron chi connectivity index (χ4n) is 13.8. The zero-order chi connectivity index (χ0) is 37.6. The number of fused-ring (bicyclic) bond motifs is 8. The van der Waals surface area contributed by atoms with Gasteiger partial charge in [0.05, 0.1) is 0 Å². The van der Waals surface area contributed by atoms with Crippen LogP contribution >= 0.6 is 11.8 Å². The van der Waals surface area contributed by atoms with E-state index in [1.165, 1.54) is 98.8 Å². The van der Waals surface area contributed by atoms with Gasteiger partial charge in [0.2, 0.25) is 0 Å².